The number of morpholine rings is 1. The van der Waals surface area contributed by atoms with E-state index in [9.17, 15) is 4.79 Å². The third-order valence-corrected chi connectivity index (χ3v) is 5.34. The average Bonchev–Trinajstić information content (AvgIpc) is 2.72. The van der Waals surface area contributed by atoms with Gasteiger partial charge in [-0.25, -0.2) is 0 Å². The highest BCUT2D eigenvalue weighted by molar-refractivity contribution is 7.80. The second-order valence-electron chi connectivity index (χ2n) is 7.34. The predicted molar refractivity (Wildman–Crippen MR) is 120 cm³/mol. The number of carbonyl (C=O) groups is 1. The summed E-state index contributed by atoms with van der Waals surface area (Å²) in [4.78, 5) is 15.2. The first kappa shape index (κ1) is 21.3. The van der Waals surface area contributed by atoms with Crippen LogP contribution in [0.4, 0.5) is 5.69 Å². The van der Waals surface area contributed by atoms with E-state index >= 15 is 0 Å². The van der Waals surface area contributed by atoms with E-state index in [1.54, 1.807) is 0 Å². The lowest BCUT2D eigenvalue weighted by Gasteiger charge is -2.37. The Labute approximate surface area is 178 Å². The van der Waals surface area contributed by atoms with Crippen LogP contribution < -0.4 is 10.1 Å². The van der Waals surface area contributed by atoms with Crippen molar-refractivity contribution in [2.45, 2.75) is 39.4 Å². The number of ether oxygens (including phenoxy) is 2. The van der Waals surface area contributed by atoms with Crippen molar-refractivity contribution in [3.05, 3.63) is 59.7 Å². The molecule has 2 aromatic rings. The molecule has 1 aliphatic rings. The van der Waals surface area contributed by atoms with Crippen molar-refractivity contribution in [3.63, 3.8) is 0 Å². The van der Waals surface area contributed by atoms with Gasteiger partial charge in [0.05, 0.1) is 12.2 Å². The molecule has 0 bridgehead atoms. The molecule has 1 aliphatic heterocycles. The van der Waals surface area contributed by atoms with Gasteiger partial charge in [-0.3, -0.25) is 4.79 Å². The molecule has 6 heteroatoms. The molecule has 0 unspecified atom stereocenters. The molecule has 154 valence electrons. The summed E-state index contributed by atoms with van der Waals surface area (Å²) < 4.78 is 11.4. The summed E-state index contributed by atoms with van der Waals surface area (Å²) in [6.45, 7) is 7.73. The molecule has 1 amide bonds. The fourth-order valence-corrected chi connectivity index (χ4v) is 3.79. The number of amides is 1. The number of hydrogen-bond donors (Lipinski definition) is 1. The van der Waals surface area contributed by atoms with E-state index in [2.05, 4.69) is 31.0 Å². The first-order valence-electron chi connectivity index (χ1n) is 10.0. The number of para-hydroxylation sites is 1. The van der Waals surface area contributed by atoms with Crippen LogP contribution in [0.1, 0.15) is 31.9 Å². The maximum Gasteiger partial charge on any atom is 0.262 e. The molecule has 1 saturated heterocycles. The van der Waals surface area contributed by atoms with E-state index in [-0.39, 0.29) is 24.7 Å². The Bertz CT molecular complexity index is 843. The molecule has 2 atom stereocenters. The molecule has 0 aromatic heterocycles. The fraction of sp³-hybridized carbons (Fsp3) is 0.391. The van der Waals surface area contributed by atoms with E-state index in [0.717, 1.165) is 41.3 Å². The van der Waals surface area contributed by atoms with Crippen molar-refractivity contribution in [1.82, 2.24) is 4.90 Å². The Morgan fingerprint density at radius 1 is 1.14 bits per heavy atom. The number of nitrogens with zero attached hydrogens (tertiary/aromatic N) is 1. The predicted octanol–water partition coefficient (Wildman–Crippen LogP) is 4.05. The summed E-state index contributed by atoms with van der Waals surface area (Å²) in [5.74, 6) is 0.459. The van der Waals surface area contributed by atoms with Crippen LogP contribution in [0, 0.1) is 0 Å². The highest BCUT2D eigenvalue weighted by Gasteiger charge is 2.24. The number of rotatable bonds is 6. The smallest absolute Gasteiger partial charge is 0.262 e. The van der Waals surface area contributed by atoms with Crippen molar-refractivity contribution in [2.24, 2.45) is 0 Å². The zero-order valence-electron chi connectivity index (χ0n) is 17.2. The number of hydrogen-bond acceptors (Lipinski definition) is 4. The summed E-state index contributed by atoms with van der Waals surface area (Å²) >= 11 is 5.66. The zero-order valence-corrected chi connectivity index (χ0v) is 18.0. The lowest BCUT2D eigenvalue weighted by atomic mass is 10.1. The molecule has 1 fully saturated rings. The minimum Gasteiger partial charge on any atom is -0.484 e. The topological polar surface area (TPSA) is 50.8 Å². The fourth-order valence-electron chi connectivity index (χ4n) is 3.51. The summed E-state index contributed by atoms with van der Waals surface area (Å²) in [6, 6.07) is 15.4. The molecule has 29 heavy (non-hydrogen) atoms. The van der Waals surface area contributed by atoms with E-state index in [4.69, 9.17) is 21.7 Å². The van der Waals surface area contributed by atoms with Crippen LogP contribution in [0.25, 0.3) is 0 Å². The highest BCUT2D eigenvalue weighted by atomic mass is 32.1. The van der Waals surface area contributed by atoms with Gasteiger partial charge in [-0.2, -0.15) is 0 Å². The van der Waals surface area contributed by atoms with Gasteiger partial charge in [-0.15, -0.1) is 0 Å². The largest absolute Gasteiger partial charge is 0.484 e. The Kier molecular flexibility index (Phi) is 7.23. The van der Waals surface area contributed by atoms with Crippen molar-refractivity contribution in [2.75, 3.05) is 25.0 Å². The minimum absolute atomic E-state index is 0.0413. The van der Waals surface area contributed by atoms with E-state index in [1.807, 2.05) is 48.5 Å². The normalized spacial score (nSPS) is 18.9. The average molecular weight is 413 g/mol. The number of nitrogens with one attached hydrogen (secondary N) is 1. The Morgan fingerprint density at radius 3 is 2.45 bits per heavy atom. The molecule has 1 heterocycles. The SMILES string of the molecule is CCc1ccccc1NC(=O)COc1ccc(C(=S)N2C[C@H](C)O[C@@H](C)C2)cc1. The van der Waals surface area contributed by atoms with Gasteiger partial charge in [0.1, 0.15) is 10.7 Å². The molecular formula is C23H28N2O3S. The summed E-state index contributed by atoms with van der Waals surface area (Å²) in [7, 11) is 0. The minimum atomic E-state index is -0.179. The third kappa shape index (κ3) is 5.78. The van der Waals surface area contributed by atoms with Crippen LogP contribution in [0.15, 0.2) is 48.5 Å². The van der Waals surface area contributed by atoms with Gasteiger partial charge < -0.3 is 19.7 Å². The van der Waals surface area contributed by atoms with E-state index in [0.29, 0.717) is 5.75 Å². The molecule has 0 radical (unpaired) electrons. The Balaban J connectivity index is 1.54. The molecule has 0 aliphatic carbocycles. The number of carbonyl (C=O) groups excluding carboxylic acids is 1. The summed E-state index contributed by atoms with van der Waals surface area (Å²) in [5.41, 5.74) is 2.90. The number of benzene rings is 2. The molecule has 3 rings (SSSR count). The number of anilines is 1. The first-order valence-corrected chi connectivity index (χ1v) is 10.4. The van der Waals surface area contributed by atoms with Gasteiger partial charge in [-0.05, 0) is 56.2 Å². The van der Waals surface area contributed by atoms with Crippen molar-refractivity contribution in [1.29, 1.82) is 0 Å². The van der Waals surface area contributed by atoms with E-state index < -0.39 is 0 Å². The Morgan fingerprint density at radius 2 is 1.79 bits per heavy atom. The maximum atomic E-state index is 12.2. The number of aryl methyl sites for hydroxylation is 1. The maximum absolute atomic E-state index is 12.2. The highest BCUT2D eigenvalue weighted by Crippen LogP contribution is 2.19. The van der Waals surface area contributed by atoms with E-state index in [1.165, 1.54) is 0 Å². The monoisotopic (exact) mass is 412 g/mol. The van der Waals surface area contributed by atoms with Crippen LogP contribution in [0.3, 0.4) is 0 Å². The second kappa shape index (κ2) is 9.85. The third-order valence-electron chi connectivity index (χ3n) is 4.85. The van der Waals surface area contributed by atoms with Gasteiger partial charge in [0.2, 0.25) is 0 Å². The van der Waals surface area contributed by atoms with Crippen molar-refractivity contribution in [3.8, 4) is 5.75 Å². The first-order chi connectivity index (χ1) is 14.0. The molecule has 2 aromatic carbocycles. The van der Waals surface area contributed by atoms with Gasteiger partial charge >= 0.3 is 0 Å². The molecule has 0 saturated carbocycles. The van der Waals surface area contributed by atoms with Crippen LogP contribution in [0.5, 0.6) is 5.75 Å². The molecular weight excluding hydrogens is 384 g/mol. The lowest BCUT2D eigenvalue weighted by Crippen LogP contribution is -2.47. The molecule has 1 N–H and O–H groups in total. The van der Waals surface area contributed by atoms with Crippen molar-refractivity contribution >= 4 is 28.8 Å². The lowest BCUT2D eigenvalue weighted by molar-refractivity contribution is -0.118. The standard InChI is InChI=1S/C23H28N2O3S/c1-4-18-7-5-6-8-21(18)24-22(26)15-27-20-11-9-19(10-12-20)23(29)25-13-16(2)28-17(3)14-25/h5-12,16-17H,4,13-15H2,1-3H3,(H,24,26)/t16-,17-/m0/s1. The van der Waals surface area contributed by atoms with Gasteiger partial charge in [0.25, 0.3) is 5.91 Å². The number of thiocarbonyl (C=S) groups is 1. The van der Waals surface area contributed by atoms with Gasteiger partial charge in [-0.1, -0.05) is 37.3 Å². The van der Waals surface area contributed by atoms with Crippen LogP contribution in [-0.2, 0) is 16.0 Å². The van der Waals surface area contributed by atoms with Crippen LogP contribution >= 0.6 is 12.2 Å². The van der Waals surface area contributed by atoms with Crippen LogP contribution in [-0.4, -0.2) is 47.7 Å². The van der Waals surface area contributed by atoms with Gasteiger partial charge in [0.15, 0.2) is 6.61 Å². The summed E-state index contributed by atoms with van der Waals surface area (Å²) in [5, 5.41) is 2.91. The quantitative estimate of drug-likeness (QED) is 0.726. The zero-order chi connectivity index (χ0) is 20.8. The molecule has 5 nitrogen and oxygen atoms in total. The molecule has 0 spiro atoms. The van der Waals surface area contributed by atoms with Crippen LogP contribution in [0.2, 0.25) is 0 Å². The van der Waals surface area contributed by atoms with Gasteiger partial charge in [0, 0.05) is 24.3 Å². The second-order valence-corrected chi connectivity index (χ2v) is 7.73. The summed E-state index contributed by atoms with van der Waals surface area (Å²) in [6.07, 6.45) is 1.19. The van der Waals surface area contributed by atoms with Crippen molar-refractivity contribution < 1.29 is 14.3 Å². The Hall–Kier alpha value is -2.44.